The van der Waals surface area contributed by atoms with Crippen LogP contribution < -0.4 is 11.1 Å². The van der Waals surface area contributed by atoms with Crippen LogP contribution in [0.1, 0.15) is 17.7 Å². The molecule has 0 bridgehead atoms. The van der Waals surface area contributed by atoms with Crippen molar-refractivity contribution in [2.24, 2.45) is 5.16 Å². The molecule has 2 aromatic rings. The molecular formula is C17H19N5O6S2. The molecule has 0 unspecified atom stereocenters. The molecule has 1 saturated heterocycles. The zero-order chi connectivity index (χ0) is 21.9. The van der Waals surface area contributed by atoms with Crippen LogP contribution in [0.5, 0.6) is 0 Å². The van der Waals surface area contributed by atoms with Crippen LogP contribution in [0.3, 0.4) is 0 Å². The third-order valence-electron chi connectivity index (χ3n) is 4.44. The number of nitrogens with two attached hydrogens (primary N) is 1. The molecule has 0 radical (unpaired) electrons. The van der Waals surface area contributed by atoms with Crippen LogP contribution >= 0.6 is 11.3 Å². The van der Waals surface area contributed by atoms with Crippen LogP contribution in [0.15, 0.2) is 40.9 Å². The Morgan fingerprint density at radius 1 is 1.40 bits per heavy atom. The largest absolute Gasteiger partial charge is 0.398 e. The van der Waals surface area contributed by atoms with Crippen LogP contribution in [0.4, 0.5) is 5.13 Å². The maximum atomic E-state index is 12.7. The predicted octanol–water partition coefficient (Wildman–Crippen LogP) is 0.207. The van der Waals surface area contributed by atoms with Crippen molar-refractivity contribution in [2.45, 2.75) is 24.9 Å². The van der Waals surface area contributed by atoms with Gasteiger partial charge in [0.1, 0.15) is 18.8 Å². The number of nitrogens with zero attached hydrogens (tertiary/aromatic N) is 3. The van der Waals surface area contributed by atoms with E-state index in [1.54, 1.807) is 0 Å². The van der Waals surface area contributed by atoms with Gasteiger partial charge in [0.2, 0.25) is 0 Å². The maximum absolute atomic E-state index is 12.7. The maximum Gasteiger partial charge on any atom is 0.362 e. The van der Waals surface area contributed by atoms with E-state index in [9.17, 15) is 22.6 Å². The summed E-state index contributed by atoms with van der Waals surface area (Å²) in [5, 5.41) is 7.79. The van der Waals surface area contributed by atoms with Crippen molar-refractivity contribution >= 4 is 44.3 Å². The Labute approximate surface area is 176 Å². The Hall–Kier alpha value is -3.03. The summed E-state index contributed by atoms with van der Waals surface area (Å²) < 4.78 is 33.0. The number of oxime groups is 1. The molecule has 3 rings (SSSR count). The van der Waals surface area contributed by atoms with Gasteiger partial charge >= 0.3 is 10.3 Å². The SMILES string of the molecule is CON=C(C(=O)N[C@@H]1C(=O)N(S(=O)(=O)O)[C@@H]1CCc1ccccc1)c1csc(N)n1. The lowest BCUT2D eigenvalue weighted by Crippen LogP contribution is -2.72. The first kappa shape index (κ1) is 21.7. The number of hydrogen-bond donors (Lipinski definition) is 3. The highest BCUT2D eigenvalue weighted by molar-refractivity contribution is 7.84. The molecule has 0 aliphatic carbocycles. The number of hydrogen-bond acceptors (Lipinski definition) is 9. The second-order valence-electron chi connectivity index (χ2n) is 6.35. The average Bonchev–Trinajstić information content (AvgIpc) is 3.12. The normalized spacial score (nSPS) is 19.3. The summed E-state index contributed by atoms with van der Waals surface area (Å²) in [4.78, 5) is 33.7. The Kier molecular flexibility index (Phi) is 6.34. The van der Waals surface area contributed by atoms with Crippen molar-refractivity contribution in [3.8, 4) is 0 Å². The summed E-state index contributed by atoms with van der Waals surface area (Å²) in [6.45, 7) is 0. The topological polar surface area (TPSA) is 164 Å². The number of nitrogens with one attached hydrogen (secondary N) is 1. The Balaban J connectivity index is 1.78. The summed E-state index contributed by atoms with van der Waals surface area (Å²) in [7, 11) is -3.53. The summed E-state index contributed by atoms with van der Waals surface area (Å²) >= 11 is 1.09. The lowest BCUT2D eigenvalue weighted by atomic mass is 9.92. The summed E-state index contributed by atoms with van der Waals surface area (Å²) in [5.41, 5.74) is 6.43. The fourth-order valence-corrected chi connectivity index (χ4v) is 4.56. The number of rotatable bonds is 8. The number of aryl methyl sites for hydroxylation is 1. The van der Waals surface area contributed by atoms with E-state index in [4.69, 9.17) is 5.73 Å². The standard InChI is InChI=1S/C17H19N5O6S2/c1-28-21-13(11-9-29-17(18)19-11)15(23)20-14-12(22(16(14)24)30(25,26)27)8-7-10-5-3-2-4-6-10/h2-6,9,12,14H,7-8H2,1H3,(H2,18,19)(H,20,23)(H,25,26,27)/t12-,14+/m1/s1. The molecule has 2 amide bonds. The minimum absolute atomic E-state index is 0.149. The van der Waals surface area contributed by atoms with Crippen LogP contribution in [0, 0.1) is 0 Å². The van der Waals surface area contributed by atoms with Crippen molar-refractivity contribution < 1.29 is 27.4 Å². The smallest absolute Gasteiger partial charge is 0.362 e. The second-order valence-corrected chi connectivity index (χ2v) is 8.53. The number of nitrogen functional groups attached to an aromatic ring is 1. The van der Waals surface area contributed by atoms with Gasteiger partial charge in [0.05, 0.1) is 6.04 Å². The van der Waals surface area contributed by atoms with Crippen LogP contribution in [-0.4, -0.2) is 59.0 Å². The fraction of sp³-hybridized carbons (Fsp3) is 0.294. The molecule has 30 heavy (non-hydrogen) atoms. The molecule has 0 saturated carbocycles. The molecule has 4 N–H and O–H groups in total. The number of anilines is 1. The highest BCUT2D eigenvalue weighted by atomic mass is 32.2. The van der Waals surface area contributed by atoms with Gasteiger partial charge in [-0.05, 0) is 18.4 Å². The lowest BCUT2D eigenvalue weighted by molar-refractivity contribution is -0.145. The number of amides is 2. The van der Waals surface area contributed by atoms with Gasteiger partial charge in [-0.15, -0.1) is 11.3 Å². The third-order valence-corrected chi connectivity index (χ3v) is 6.06. The number of benzene rings is 1. The van der Waals surface area contributed by atoms with Crippen LogP contribution in [0.2, 0.25) is 0 Å². The van der Waals surface area contributed by atoms with Gasteiger partial charge in [-0.25, -0.2) is 9.29 Å². The third kappa shape index (κ3) is 4.58. The zero-order valence-electron chi connectivity index (χ0n) is 15.8. The van der Waals surface area contributed by atoms with Gasteiger partial charge in [-0.3, -0.25) is 14.1 Å². The van der Waals surface area contributed by atoms with Gasteiger partial charge in [-0.2, -0.15) is 8.42 Å². The number of carbonyl (C=O) groups excluding carboxylic acids is 2. The minimum atomic E-state index is -4.77. The minimum Gasteiger partial charge on any atom is -0.398 e. The van der Waals surface area contributed by atoms with Crippen molar-refractivity contribution in [3.63, 3.8) is 0 Å². The van der Waals surface area contributed by atoms with E-state index in [-0.39, 0.29) is 23.0 Å². The number of β-lactam (4-membered cyclic amide) rings is 1. The molecule has 2 atom stereocenters. The Bertz CT molecular complexity index is 1070. The first-order valence-electron chi connectivity index (χ1n) is 8.70. The van der Waals surface area contributed by atoms with Gasteiger partial charge in [-0.1, -0.05) is 35.5 Å². The molecule has 1 aliphatic rings. The molecule has 2 heterocycles. The van der Waals surface area contributed by atoms with E-state index in [1.807, 2.05) is 30.3 Å². The summed E-state index contributed by atoms with van der Waals surface area (Å²) in [6, 6.07) is 7.07. The molecule has 11 nitrogen and oxygen atoms in total. The van der Waals surface area contributed by atoms with Gasteiger partial charge in [0.15, 0.2) is 10.8 Å². The monoisotopic (exact) mass is 453 g/mol. The van der Waals surface area contributed by atoms with Gasteiger partial charge < -0.3 is 15.9 Å². The first-order valence-corrected chi connectivity index (χ1v) is 11.0. The average molecular weight is 454 g/mol. The highest BCUT2D eigenvalue weighted by Gasteiger charge is 2.53. The molecule has 1 aromatic heterocycles. The van der Waals surface area contributed by atoms with Crippen molar-refractivity contribution in [2.75, 3.05) is 12.8 Å². The van der Waals surface area contributed by atoms with Crippen LogP contribution in [-0.2, 0) is 31.2 Å². The molecule has 1 aromatic carbocycles. The quantitative estimate of drug-likeness (QED) is 0.221. The molecule has 0 spiro atoms. The van der Waals surface area contributed by atoms with E-state index in [1.165, 1.54) is 12.5 Å². The van der Waals surface area contributed by atoms with Crippen molar-refractivity contribution in [3.05, 3.63) is 47.0 Å². The number of thiazole rings is 1. The fourth-order valence-electron chi connectivity index (χ4n) is 3.11. The Morgan fingerprint density at radius 2 is 2.10 bits per heavy atom. The molecular weight excluding hydrogens is 434 g/mol. The Morgan fingerprint density at radius 3 is 2.67 bits per heavy atom. The van der Waals surface area contributed by atoms with Crippen molar-refractivity contribution in [1.82, 2.24) is 14.6 Å². The molecule has 160 valence electrons. The second kappa shape index (κ2) is 8.77. The first-order chi connectivity index (χ1) is 14.2. The highest BCUT2D eigenvalue weighted by Crippen LogP contribution is 2.27. The van der Waals surface area contributed by atoms with E-state index in [0.29, 0.717) is 10.7 Å². The van der Waals surface area contributed by atoms with Crippen molar-refractivity contribution in [1.29, 1.82) is 0 Å². The van der Waals surface area contributed by atoms with E-state index < -0.39 is 34.2 Å². The number of aromatic nitrogens is 1. The summed E-state index contributed by atoms with van der Waals surface area (Å²) in [5.74, 6) is -1.74. The molecule has 13 heteroatoms. The molecule has 1 aliphatic heterocycles. The van der Waals surface area contributed by atoms with E-state index in [0.717, 1.165) is 16.9 Å². The number of carbonyl (C=O) groups is 2. The van der Waals surface area contributed by atoms with Gasteiger partial charge in [0.25, 0.3) is 11.8 Å². The van der Waals surface area contributed by atoms with E-state index in [2.05, 4.69) is 20.3 Å². The molecule has 1 fully saturated rings. The summed E-state index contributed by atoms with van der Waals surface area (Å²) in [6.07, 6.45) is 0.625. The predicted molar refractivity (Wildman–Crippen MR) is 109 cm³/mol. The lowest BCUT2D eigenvalue weighted by Gasteiger charge is -2.44. The van der Waals surface area contributed by atoms with Crippen LogP contribution in [0.25, 0.3) is 0 Å². The zero-order valence-corrected chi connectivity index (χ0v) is 17.4. The van der Waals surface area contributed by atoms with Gasteiger partial charge in [0, 0.05) is 5.38 Å². The van der Waals surface area contributed by atoms with E-state index >= 15 is 0 Å².